The van der Waals surface area contributed by atoms with Crippen molar-refractivity contribution < 1.29 is 13.9 Å². The Balaban J connectivity index is 1.27. The van der Waals surface area contributed by atoms with E-state index in [-0.39, 0.29) is 11.9 Å². The van der Waals surface area contributed by atoms with Gasteiger partial charge < -0.3 is 19.9 Å². The molecule has 190 valence electrons. The molecule has 2 heterocycles. The number of anilines is 3. The summed E-state index contributed by atoms with van der Waals surface area (Å²) in [6.07, 6.45) is 1.48. The van der Waals surface area contributed by atoms with E-state index in [4.69, 9.17) is 9.72 Å². The van der Waals surface area contributed by atoms with E-state index in [1.54, 1.807) is 23.2 Å². The number of amides is 1. The first-order chi connectivity index (χ1) is 17.8. The molecule has 8 heteroatoms. The van der Waals surface area contributed by atoms with Crippen LogP contribution in [0.1, 0.15) is 20.8 Å². The lowest BCUT2D eigenvalue weighted by Crippen LogP contribution is -2.50. The molecule has 1 aromatic heterocycles. The van der Waals surface area contributed by atoms with Crippen molar-refractivity contribution in [1.29, 1.82) is 0 Å². The number of hydrogen-bond donors (Lipinski definition) is 1. The van der Waals surface area contributed by atoms with Gasteiger partial charge >= 0.3 is 6.09 Å². The molecule has 0 radical (unpaired) electrons. The van der Waals surface area contributed by atoms with Gasteiger partial charge in [-0.05, 0) is 51.1 Å². The fourth-order valence-corrected chi connectivity index (χ4v) is 4.37. The number of piperazine rings is 1. The minimum atomic E-state index is -0.495. The molecule has 1 aliphatic rings. The monoisotopic (exact) mass is 499 g/mol. The van der Waals surface area contributed by atoms with E-state index in [2.05, 4.69) is 15.2 Å². The second-order valence-electron chi connectivity index (χ2n) is 10.0. The number of nitrogens with one attached hydrogen (secondary N) is 1. The Morgan fingerprint density at radius 2 is 1.62 bits per heavy atom. The van der Waals surface area contributed by atoms with E-state index in [1.165, 1.54) is 6.07 Å². The highest BCUT2D eigenvalue weighted by Gasteiger charge is 2.26. The lowest BCUT2D eigenvalue weighted by molar-refractivity contribution is 0.0240. The third kappa shape index (κ3) is 5.63. The van der Waals surface area contributed by atoms with Crippen LogP contribution in [-0.4, -0.2) is 52.7 Å². The van der Waals surface area contributed by atoms with Crippen molar-refractivity contribution in [3.63, 3.8) is 0 Å². The van der Waals surface area contributed by atoms with Crippen molar-refractivity contribution in [2.24, 2.45) is 0 Å². The first kappa shape index (κ1) is 24.5. The van der Waals surface area contributed by atoms with E-state index in [0.717, 1.165) is 35.4 Å². The number of benzene rings is 3. The van der Waals surface area contributed by atoms with Gasteiger partial charge in [0.2, 0.25) is 5.95 Å². The molecule has 0 atom stereocenters. The summed E-state index contributed by atoms with van der Waals surface area (Å²) in [6, 6.07) is 20.4. The van der Waals surface area contributed by atoms with Crippen LogP contribution in [0.25, 0.3) is 22.0 Å². The van der Waals surface area contributed by atoms with Gasteiger partial charge in [0.1, 0.15) is 11.4 Å². The predicted molar refractivity (Wildman–Crippen MR) is 145 cm³/mol. The summed E-state index contributed by atoms with van der Waals surface area (Å²) >= 11 is 0. The lowest BCUT2D eigenvalue weighted by Gasteiger charge is -2.36. The average molecular weight is 500 g/mol. The van der Waals surface area contributed by atoms with Gasteiger partial charge in [-0.3, -0.25) is 0 Å². The molecule has 0 saturated carbocycles. The zero-order valence-electron chi connectivity index (χ0n) is 21.2. The van der Waals surface area contributed by atoms with Crippen LogP contribution in [0.4, 0.5) is 26.5 Å². The number of carbonyl (C=O) groups is 1. The van der Waals surface area contributed by atoms with Gasteiger partial charge in [0.05, 0.1) is 5.52 Å². The topological polar surface area (TPSA) is 70.6 Å². The number of para-hydroxylation sites is 1. The van der Waals surface area contributed by atoms with Crippen molar-refractivity contribution in [2.75, 3.05) is 36.4 Å². The minimum absolute atomic E-state index is 0.264. The molecule has 0 spiro atoms. The summed E-state index contributed by atoms with van der Waals surface area (Å²) in [4.78, 5) is 25.5. The van der Waals surface area contributed by atoms with Crippen LogP contribution < -0.4 is 10.2 Å². The zero-order chi connectivity index (χ0) is 26.0. The maximum absolute atomic E-state index is 14.5. The third-order valence-electron chi connectivity index (χ3n) is 6.19. The van der Waals surface area contributed by atoms with Gasteiger partial charge in [0.15, 0.2) is 0 Å². The van der Waals surface area contributed by atoms with Crippen molar-refractivity contribution in [1.82, 2.24) is 14.9 Å². The average Bonchev–Trinajstić information content (AvgIpc) is 2.88. The van der Waals surface area contributed by atoms with Crippen molar-refractivity contribution >= 4 is 34.3 Å². The van der Waals surface area contributed by atoms with Gasteiger partial charge in [-0.25, -0.2) is 19.2 Å². The van der Waals surface area contributed by atoms with E-state index >= 15 is 0 Å². The molecule has 37 heavy (non-hydrogen) atoms. The maximum atomic E-state index is 14.5. The predicted octanol–water partition coefficient (Wildman–Crippen LogP) is 6.24. The van der Waals surface area contributed by atoms with E-state index in [9.17, 15) is 9.18 Å². The molecule has 1 N–H and O–H groups in total. The Bertz CT molecular complexity index is 1410. The molecule has 1 saturated heterocycles. The first-order valence-corrected chi connectivity index (χ1v) is 12.4. The largest absolute Gasteiger partial charge is 0.444 e. The van der Waals surface area contributed by atoms with Gasteiger partial charge in [0, 0.05) is 60.3 Å². The molecule has 1 amide bonds. The number of aromatic nitrogens is 2. The third-order valence-corrected chi connectivity index (χ3v) is 6.19. The number of nitrogens with zero attached hydrogens (tertiary/aromatic N) is 4. The van der Waals surface area contributed by atoms with Gasteiger partial charge in [-0.15, -0.1) is 0 Å². The summed E-state index contributed by atoms with van der Waals surface area (Å²) in [6.45, 7) is 8.33. The Kier molecular flexibility index (Phi) is 6.65. The minimum Gasteiger partial charge on any atom is -0.444 e. The summed E-state index contributed by atoms with van der Waals surface area (Å²) in [5.74, 6) is 0.153. The maximum Gasteiger partial charge on any atom is 0.410 e. The molecule has 3 aromatic carbocycles. The molecule has 7 nitrogen and oxygen atoms in total. The van der Waals surface area contributed by atoms with Crippen LogP contribution in [0.3, 0.4) is 0 Å². The van der Waals surface area contributed by atoms with E-state index < -0.39 is 5.60 Å². The SMILES string of the molecule is CC(C)(C)OC(=O)N1CCN(c2ccc(Nc3ncc4cccc(-c5ccccc5F)c4n3)cc2)CC1. The fraction of sp³-hybridized carbons (Fsp3) is 0.276. The van der Waals surface area contributed by atoms with Crippen LogP contribution >= 0.6 is 0 Å². The summed E-state index contributed by atoms with van der Waals surface area (Å²) < 4.78 is 20.0. The molecule has 0 unspecified atom stereocenters. The number of rotatable bonds is 4. The normalized spacial score (nSPS) is 14.1. The number of hydrogen-bond acceptors (Lipinski definition) is 6. The van der Waals surface area contributed by atoms with E-state index in [0.29, 0.717) is 30.1 Å². The standard InChI is InChI=1S/C29H30FN5O2/c1-29(2,3)37-28(36)35-17-15-34(16-18-35)22-13-11-21(12-14-22)32-27-31-19-20-7-6-9-24(26(20)33-27)23-8-4-5-10-25(23)30/h4-14,19H,15-18H2,1-3H3,(H,31,32,33). The number of halogens is 1. The Morgan fingerprint density at radius 1 is 0.919 bits per heavy atom. The summed E-state index contributed by atoms with van der Waals surface area (Å²) in [7, 11) is 0. The Hall–Kier alpha value is -4.20. The highest BCUT2D eigenvalue weighted by Crippen LogP contribution is 2.30. The second kappa shape index (κ2) is 10.0. The molecule has 0 aliphatic carbocycles. The Labute approximate surface area is 215 Å². The molecular formula is C29H30FN5O2. The van der Waals surface area contributed by atoms with Crippen molar-refractivity contribution in [3.8, 4) is 11.1 Å². The van der Waals surface area contributed by atoms with Gasteiger partial charge in [0.25, 0.3) is 0 Å². The highest BCUT2D eigenvalue weighted by molar-refractivity contribution is 5.94. The quantitative estimate of drug-likeness (QED) is 0.359. The number of ether oxygens (including phenoxy) is 1. The number of carbonyl (C=O) groups excluding carboxylic acids is 1. The van der Waals surface area contributed by atoms with Crippen LogP contribution in [0.2, 0.25) is 0 Å². The number of fused-ring (bicyclic) bond motifs is 1. The lowest BCUT2D eigenvalue weighted by atomic mass is 10.0. The van der Waals surface area contributed by atoms with Crippen molar-refractivity contribution in [3.05, 3.63) is 78.7 Å². The summed E-state index contributed by atoms with van der Waals surface area (Å²) in [5, 5.41) is 4.10. The van der Waals surface area contributed by atoms with Crippen LogP contribution in [0.15, 0.2) is 72.9 Å². The fourth-order valence-electron chi connectivity index (χ4n) is 4.37. The highest BCUT2D eigenvalue weighted by atomic mass is 19.1. The summed E-state index contributed by atoms with van der Waals surface area (Å²) in [5.41, 5.74) is 3.35. The second-order valence-corrected chi connectivity index (χ2v) is 10.0. The molecule has 1 fully saturated rings. The van der Waals surface area contributed by atoms with Gasteiger partial charge in [-0.1, -0.05) is 36.4 Å². The zero-order valence-corrected chi connectivity index (χ0v) is 21.2. The molecular weight excluding hydrogens is 469 g/mol. The Morgan fingerprint density at radius 3 is 2.32 bits per heavy atom. The molecule has 4 aromatic rings. The van der Waals surface area contributed by atoms with Crippen LogP contribution in [0.5, 0.6) is 0 Å². The first-order valence-electron chi connectivity index (χ1n) is 12.4. The van der Waals surface area contributed by atoms with Crippen LogP contribution in [0, 0.1) is 5.82 Å². The smallest absolute Gasteiger partial charge is 0.410 e. The van der Waals surface area contributed by atoms with E-state index in [1.807, 2.05) is 69.3 Å². The molecule has 0 bridgehead atoms. The van der Waals surface area contributed by atoms with Crippen LogP contribution in [-0.2, 0) is 4.74 Å². The molecule has 5 rings (SSSR count). The van der Waals surface area contributed by atoms with Gasteiger partial charge in [-0.2, -0.15) is 0 Å². The molecule has 1 aliphatic heterocycles. The van der Waals surface area contributed by atoms with Crippen molar-refractivity contribution in [2.45, 2.75) is 26.4 Å².